The fourth-order valence-corrected chi connectivity index (χ4v) is 4.85. The Hall–Kier alpha value is -2.00. The van der Waals surface area contributed by atoms with Crippen molar-refractivity contribution in [1.82, 2.24) is 0 Å². The maximum Gasteiger partial charge on any atom is 0.245 e. The molecule has 0 aliphatic carbocycles. The van der Waals surface area contributed by atoms with Gasteiger partial charge in [0.2, 0.25) is 21.8 Å². The maximum absolute atomic E-state index is 12.7. The molecule has 2 aromatic rings. The Kier molecular flexibility index (Phi) is 7.05. The minimum atomic E-state index is -3.86. The normalized spacial score (nSPS) is 14.1. The van der Waals surface area contributed by atoms with Gasteiger partial charge in [-0.05, 0) is 43.2 Å². The summed E-state index contributed by atoms with van der Waals surface area (Å²) in [6, 6.07) is 7.79. The molecule has 1 aliphatic rings. The number of carbonyl (C=O) groups excluding carboxylic acids is 2. The van der Waals surface area contributed by atoms with Crippen molar-refractivity contribution in [3.63, 3.8) is 0 Å². The fourth-order valence-electron chi connectivity index (χ4n) is 3.30. The minimum absolute atomic E-state index is 0.0316. The van der Waals surface area contributed by atoms with Crippen LogP contribution in [-0.4, -0.2) is 39.6 Å². The molecule has 0 aromatic heterocycles. The number of halogens is 3. The molecule has 0 bridgehead atoms. The summed E-state index contributed by atoms with van der Waals surface area (Å²) in [6.07, 6.45) is 2.23. The topological polar surface area (TPSA) is 86.8 Å². The SMILES string of the molecule is Cc1ccc(NC(=O)CN(c2cc(Cl)c(Cl)cc2Cl)S(C)(=O)=O)cc1N1CCCC1=O. The summed E-state index contributed by atoms with van der Waals surface area (Å²) >= 11 is 18.1. The number of nitrogens with zero attached hydrogens (tertiary/aromatic N) is 2. The minimum Gasteiger partial charge on any atom is -0.324 e. The molecule has 0 saturated carbocycles. The van der Waals surface area contributed by atoms with Crippen molar-refractivity contribution in [2.45, 2.75) is 19.8 Å². The second-order valence-corrected chi connectivity index (χ2v) is 10.3. The maximum atomic E-state index is 12.7. The van der Waals surface area contributed by atoms with E-state index in [0.717, 1.165) is 22.5 Å². The summed E-state index contributed by atoms with van der Waals surface area (Å²) in [5.41, 5.74) is 2.10. The Morgan fingerprint density at radius 2 is 1.81 bits per heavy atom. The molecule has 1 heterocycles. The number of aryl methyl sites for hydroxylation is 1. The van der Waals surface area contributed by atoms with Gasteiger partial charge in [0.25, 0.3) is 0 Å². The molecular weight excluding hydrogens is 485 g/mol. The van der Waals surface area contributed by atoms with Gasteiger partial charge in [0.1, 0.15) is 6.54 Å². The van der Waals surface area contributed by atoms with Crippen LogP contribution in [-0.2, 0) is 19.6 Å². The first-order valence-corrected chi connectivity index (χ1v) is 12.3. The number of benzene rings is 2. The molecule has 1 saturated heterocycles. The summed E-state index contributed by atoms with van der Waals surface area (Å²) in [6.45, 7) is 1.97. The first kappa shape index (κ1) is 23.7. The molecule has 166 valence electrons. The third kappa shape index (κ3) is 5.44. The van der Waals surface area contributed by atoms with Gasteiger partial charge in [0.15, 0.2) is 0 Å². The van der Waals surface area contributed by atoms with Crippen LogP contribution in [0.25, 0.3) is 0 Å². The summed E-state index contributed by atoms with van der Waals surface area (Å²) in [4.78, 5) is 26.5. The highest BCUT2D eigenvalue weighted by Gasteiger charge is 2.26. The Bertz CT molecular complexity index is 1150. The van der Waals surface area contributed by atoms with E-state index in [1.807, 2.05) is 6.92 Å². The predicted molar refractivity (Wildman–Crippen MR) is 125 cm³/mol. The lowest BCUT2D eigenvalue weighted by atomic mass is 10.1. The molecule has 11 heteroatoms. The largest absolute Gasteiger partial charge is 0.324 e. The quantitative estimate of drug-likeness (QED) is 0.587. The Morgan fingerprint density at radius 3 is 2.42 bits per heavy atom. The summed E-state index contributed by atoms with van der Waals surface area (Å²) in [7, 11) is -3.86. The van der Waals surface area contributed by atoms with Gasteiger partial charge in [-0.2, -0.15) is 0 Å². The third-order valence-electron chi connectivity index (χ3n) is 4.80. The van der Waals surface area contributed by atoms with Gasteiger partial charge in [-0.25, -0.2) is 8.42 Å². The first-order valence-electron chi connectivity index (χ1n) is 9.30. The molecule has 2 amide bonds. The van der Waals surface area contributed by atoms with Gasteiger partial charge in [-0.15, -0.1) is 0 Å². The highest BCUT2D eigenvalue weighted by atomic mass is 35.5. The Morgan fingerprint density at radius 1 is 1.13 bits per heavy atom. The van der Waals surface area contributed by atoms with E-state index in [0.29, 0.717) is 24.3 Å². The van der Waals surface area contributed by atoms with E-state index in [1.54, 1.807) is 23.1 Å². The zero-order chi connectivity index (χ0) is 22.9. The molecule has 1 fully saturated rings. The summed E-state index contributed by atoms with van der Waals surface area (Å²) < 4.78 is 25.5. The van der Waals surface area contributed by atoms with Crippen LogP contribution in [0.5, 0.6) is 0 Å². The molecule has 2 aromatic carbocycles. The Labute approximate surface area is 195 Å². The predicted octanol–water partition coefficient (Wildman–Crippen LogP) is 4.49. The van der Waals surface area contributed by atoms with Crippen LogP contribution in [0.2, 0.25) is 15.1 Å². The van der Waals surface area contributed by atoms with Gasteiger partial charge in [0.05, 0.1) is 27.0 Å². The fraction of sp³-hybridized carbons (Fsp3) is 0.300. The van der Waals surface area contributed by atoms with Gasteiger partial charge in [-0.1, -0.05) is 40.9 Å². The van der Waals surface area contributed by atoms with Crippen molar-refractivity contribution in [3.8, 4) is 0 Å². The van der Waals surface area contributed by atoms with Crippen molar-refractivity contribution >= 4 is 73.7 Å². The second-order valence-electron chi connectivity index (χ2n) is 7.19. The monoisotopic (exact) mass is 503 g/mol. The van der Waals surface area contributed by atoms with Crippen molar-refractivity contribution < 1.29 is 18.0 Å². The van der Waals surface area contributed by atoms with E-state index >= 15 is 0 Å². The van der Waals surface area contributed by atoms with Gasteiger partial charge >= 0.3 is 0 Å². The number of amides is 2. The Balaban J connectivity index is 1.84. The number of anilines is 3. The van der Waals surface area contributed by atoms with Crippen LogP contribution in [0.1, 0.15) is 18.4 Å². The highest BCUT2D eigenvalue weighted by Crippen LogP contribution is 2.35. The number of sulfonamides is 1. The van der Waals surface area contributed by atoms with E-state index in [-0.39, 0.29) is 26.7 Å². The lowest BCUT2D eigenvalue weighted by Crippen LogP contribution is -2.37. The number of hydrogen-bond acceptors (Lipinski definition) is 4. The zero-order valence-corrected chi connectivity index (χ0v) is 19.9. The molecule has 0 atom stereocenters. The van der Waals surface area contributed by atoms with Crippen molar-refractivity contribution in [2.75, 3.05) is 33.9 Å². The number of rotatable bonds is 6. The van der Waals surface area contributed by atoms with E-state index in [9.17, 15) is 18.0 Å². The molecular formula is C20H20Cl3N3O4S. The van der Waals surface area contributed by atoms with Crippen LogP contribution < -0.4 is 14.5 Å². The van der Waals surface area contributed by atoms with E-state index in [1.165, 1.54) is 12.1 Å². The van der Waals surface area contributed by atoms with Crippen molar-refractivity contribution in [1.29, 1.82) is 0 Å². The molecule has 3 rings (SSSR count). The standard InChI is InChI=1S/C20H20Cl3N3O4S/c1-12-5-6-13(8-17(12)25-7-3-4-20(25)28)24-19(27)11-26(31(2,29)30)18-10-15(22)14(21)9-16(18)23/h5-6,8-10H,3-4,7,11H2,1-2H3,(H,24,27). The molecule has 0 radical (unpaired) electrons. The molecule has 1 aliphatic heterocycles. The number of hydrogen-bond donors (Lipinski definition) is 1. The molecule has 7 nitrogen and oxygen atoms in total. The zero-order valence-electron chi connectivity index (χ0n) is 16.8. The van der Waals surface area contributed by atoms with Crippen LogP contribution in [0.3, 0.4) is 0 Å². The van der Waals surface area contributed by atoms with Crippen LogP contribution in [0.15, 0.2) is 30.3 Å². The van der Waals surface area contributed by atoms with E-state index in [4.69, 9.17) is 34.8 Å². The van der Waals surface area contributed by atoms with Crippen LogP contribution >= 0.6 is 34.8 Å². The molecule has 0 unspecified atom stereocenters. The number of carbonyl (C=O) groups is 2. The summed E-state index contributed by atoms with van der Waals surface area (Å²) in [5.74, 6) is -0.556. The third-order valence-corrected chi connectivity index (χ3v) is 6.95. The lowest BCUT2D eigenvalue weighted by Gasteiger charge is -2.24. The second kappa shape index (κ2) is 9.24. The van der Waals surface area contributed by atoms with Gasteiger partial charge in [-0.3, -0.25) is 13.9 Å². The van der Waals surface area contributed by atoms with Crippen molar-refractivity contribution in [2.24, 2.45) is 0 Å². The highest BCUT2D eigenvalue weighted by molar-refractivity contribution is 7.92. The average Bonchev–Trinajstić information content (AvgIpc) is 3.09. The lowest BCUT2D eigenvalue weighted by molar-refractivity contribution is -0.117. The first-order chi connectivity index (χ1) is 14.5. The van der Waals surface area contributed by atoms with Crippen LogP contribution in [0, 0.1) is 6.92 Å². The van der Waals surface area contributed by atoms with Gasteiger partial charge < -0.3 is 10.2 Å². The number of nitrogens with one attached hydrogen (secondary N) is 1. The molecule has 1 N–H and O–H groups in total. The average molecular weight is 505 g/mol. The van der Waals surface area contributed by atoms with Crippen LogP contribution in [0.4, 0.5) is 17.1 Å². The van der Waals surface area contributed by atoms with E-state index in [2.05, 4.69) is 5.32 Å². The summed E-state index contributed by atoms with van der Waals surface area (Å²) in [5, 5.41) is 2.99. The molecule has 31 heavy (non-hydrogen) atoms. The molecule has 0 spiro atoms. The smallest absolute Gasteiger partial charge is 0.245 e. The van der Waals surface area contributed by atoms with E-state index < -0.39 is 22.5 Å². The van der Waals surface area contributed by atoms with Gasteiger partial charge in [0, 0.05) is 24.3 Å². The van der Waals surface area contributed by atoms with Crippen molar-refractivity contribution in [3.05, 3.63) is 51.0 Å².